The number of aromatic nitrogens is 1. The van der Waals surface area contributed by atoms with E-state index < -0.39 is 0 Å². The van der Waals surface area contributed by atoms with E-state index in [4.69, 9.17) is 37.5 Å². The molecule has 148 valence electrons. The Morgan fingerprint density at radius 3 is 2.93 bits per heavy atom. The summed E-state index contributed by atoms with van der Waals surface area (Å²) in [4.78, 5) is 13.6. The highest BCUT2D eigenvalue weighted by Crippen LogP contribution is 2.32. The number of aliphatic imine (C=N–C) groups is 1. The first-order chi connectivity index (χ1) is 13.7. The van der Waals surface area contributed by atoms with Gasteiger partial charge in [0.25, 0.3) is 0 Å². The van der Waals surface area contributed by atoms with Crippen molar-refractivity contribution in [2.24, 2.45) is 10.9 Å². The zero-order chi connectivity index (χ0) is 19.3. The normalized spacial score (nSPS) is 22.3. The van der Waals surface area contributed by atoms with Crippen LogP contribution < -0.4 is 15.5 Å². The fourth-order valence-corrected chi connectivity index (χ4v) is 3.51. The molecule has 4 rings (SSSR count). The SMILES string of the molecule is Clc1ccc([C@@H]2OCCNC[C@H]2COc2cc(C3=NCON3)ccn2)cc1Cl. The number of hydrogen-bond donors (Lipinski definition) is 2. The van der Waals surface area contributed by atoms with Gasteiger partial charge in [-0.15, -0.1) is 0 Å². The van der Waals surface area contributed by atoms with Crippen LogP contribution in [0.25, 0.3) is 0 Å². The van der Waals surface area contributed by atoms with Gasteiger partial charge in [-0.25, -0.2) is 15.5 Å². The van der Waals surface area contributed by atoms with E-state index in [1.807, 2.05) is 24.3 Å². The molecular formula is C19H20Cl2N4O3. The fraction of sp³-hybridized carbons (Fsp3) is 0.368. The molecule has 0 saturated carbocycles. The smallest absolute Gasteiger partial charge is 0.213 e. The van der Waals surface area contributed by atoms with Crippen LogP contribution in [0.3, 0.4) is 0 Å². The van der Waals surface area contributed by atoms with Gasteiger partial charge < -0.3 is 14.8 Å². The third-order valence-corrected chi connectivity index (χ3v) is 5.33. The molecular weight excluding hydrogens is 403 g/mol. The van der Waals surface area contributed by atoms with Crippen molar-refractivity contribution in [1.82, 2.24) is 15.8 Å². The molecule has 7 nitrogen and oxygen atoms in total. The zero-order valence-corrected chi connectivity index (χ0v) is 16.5. The lowest BCUT2D eigenvalue weighted by molar-refractivity contribution is 0.0147. The van der Waals surface area contributed by atoms with Crippen molar-refractivity contribution in [3.05, 3.63) is 57.7 Å². The second kappa shape index (κ2) is 9.07. The molecule has 1 aromatic carbocycles. The number of hydroxylamine groups is 1. The summed E-state index contributed by atoms with van der Waals surface area (Å²) >= 11 is 12.3. The molecule has 0 amide bonds. The van der Waals surface area contributed by atoms with Crippen LogP contribution in [0, 0.1) is 5.92 Å². The maximum atomic E-state index is 6.20. The third kappa shape index (κ3) is 4.56. The summed E-state index contributed by atoms with van der Waals surface area (Å²) in [6.07, 6.45) is 1.54. The Morgan fingerprint density at radius 1 is 1.18 bits per heavy atom. The fourth-order valence-electron chi connectivity index (χ4n) is 3.20. The van der Waals surface area contributed by atoms with Crippen molar-refractivity contribution in [1.29, 1.82) is 0 Å². The highest BCUT2D eigenvalue weighted by molar-refractivity contribution is 6.42. The number of pyridine rings is 1. The molecule has 0 spiro atoms. The molecule has 9 heteroatoms. The van der Waals surface area contributed by atoms with Crippen molar-refractivity contribution < 1.29 is 14.3 Å². The van der Waals surface area contributed by atoms with Gasteiger partial charge in [-0.3, -0.25) is 4.84 Å². The van der Waals surface area contributed by atoms with Crippen LogP contribution >= 0.6 is 23.2 Å². The van der Waals surface area contributed by atoms with Crippen LogP contribution in [0.15, 0.2) is 41.5 Å². The molecule has 1 aromatic heterocycles. The number of benzene rings is 1. The number of halogens is 2. The van der Waals surface area contributed by atoms with Gasteiger partial charge >= 0.3 is 0 Å². The van der Waals surface area contributed by atoms with Crippen molar-refractivity contribution in [2.75, 3.05) is 33.0 Å². The molecule has 1 saturated heterocycles. The molecule has 0 unspecified atom stereocenters. The Bertz CT molecular complexity index is 865. The molecule has 2 aliphatic heterocycles. The molecule has 1 fully saturated rings. The maximum Gasteiger partial charge on any atom is 0.213 e. The molecule has 2 N–H and O–H groups in total. The summed E-state index contributed by atoms with van der Waals surface area (Å²) < 4.78 is 12.1. The monoisotopic (exact) mass is 422 g/mol. The Balaban J connectivity index is 1.48. The van der Waals surface area contributed by atoms with E-state index in [-0.39, 0.29) is 12.0 Å². The van der Waals surface area contributed by atoms with Gasteiger partial charge in [0, 0.05) is 36.8 Å². The van der Waals surface area contributed by atoms with Crippen LogP contribution in [0.2, 0.25) is 10.0 Å². The topological polar surface area (TPSA) is 77.0 Å². The molecule has 0 radical (unpaired) electrons. The molecule has 3 heterocycles. The Hall–Kier alpha value is -1.90. The van der Waals surface area contributed by atoms with Crippen LogP contribution in [0.1, 0.15) is 17.2 Å². The molecule has 2 aromatic rings. The van der Waals surface area contributed by atoms with Crippen LogP contribution in [0.5, 0.6) is 5.88 Å². The highest BCUT2D eigenvalue weighted by atomic mass is 35.5. The highest BCUT2D eigenvalue weighted by Gasteiger charge is 2.27. The van der Waals surface area contributed by atoms with Gasteiger partial charge in [0.15, 0.2) is 12.6 Å². The van der Waals surface area contributed by atoms with E-state index >= 15 is 0 Å². The Kier molecular flexibility index (Phi) is 6.29. The predicted octanol–water partition coefficient (Wildman–Crippen LogP) is 2.98. The largest absolute Gasteiger partial charge is 0.477 e. The van der Waals surface area contributed by atoms with Crippen LogP contribution in [-0.4, -0.2) is 43.9 Å². The van der Waals surface area contributed by atoms with Gasteiger partial charge in [-0.05, 0) is 23.8 Å². The van der Waals surface area contributed by atoms with Crippen molar-refractivity contribution in [2.45, 2.75) is 6.10 Å². The van der Waals surface area contributed by atoms with Crippen molar-refractivity contribution >= 4 is 29.0 Å². The standard InChI is InChI=1S/C19H20Cl2N4O3/c20-15-2-1-12(7-16(15)21)18-14(9-22-5-6-26-18)10-27-17-8-13(3-4-23-17)19-24-11-28-25-19/h1-4,7-8,14,18,22H,5-6,9-11H2,(H,24,25)/t14-,18-/m0/s1. The number of rotatable bonds is 5. The quantitative estimate of drug-likeness (QED) is 0.770. The summed E-state index contributed by atoms with van der Waals surface area (Å²) in [6.45, 7) is 2.88. The van der Waals surface area contributed by atoms with Gasteiger partial charge in [-0.1, -0.05) is 29.3 Å². The molecule has 0 aliphatic carbocycles. The van der Waals surface area contributed by atoms with E-state index in [2.05, 4.69) is 20.8 Å². The zero-order valence-electron chi connectivity index (χ0n) is 15.0. The average Bonchev–Trinajstić information content (AvgIpc) is 3.15. The van der Waals surface area contributed by atoms with Crippen LogP contribution in [-0.2, 0) is 9.57 Å². The second-order valence-electron chi connectivity index (χ2n) is 6.51. The van der Waals surface area contributed by atoms with Crippen molar-refractivity contribution in [3.8, 4) is 5.88 Å². The number of nitrogens with zero attached hydrogens (tertiary/aromatic N) is 2. The minimum Gasteiger partial charge on any atom is -0.477 e. The molecule has 2 atom stereocenters. The van der Waals surface area contributed by atoms with Gasteiger partial charge in [0.1, 0.15) is 0 Å². The summed E-state index contributed by atoms with van der Waals surface area (Å²) in [7, 11) is 0. The summed E-state index contributed by atoms with van der Waals surface area (Å²) in [5, 5.41) is 4.43. The van der Waals surface area contributed by atoms with Gasteiger partial charge in [0.05, 0.1) is 29.4 Å². The summed E-state index contributed by atoms with van der Waals surface area (Å²) in [5.41, 5.74) is 4.61. The predicted molar refractivity (Wildman–Crippen MR) is 107 cm³/mol. The molecule has 0 bridgehead atoms. The minimum atomic E-state index is -0.151. The Morgan fingerprint density at radius 2 is 2.11 bits per heavy atom. The lowest BCUT2D eigenvalue weighted by Gasteiger charge is -2.25. The lowest BCUT2D eigenvalue weighted by Crippen LogP contribution is -2.29. The first kappa shape index (κ1) is 19.4. The minimum absolute atomic E-state index is 0.0791. The van der Waals surface area contributed by atoms with Gasteiger partial charge in [0.2, 0.25) is 5.88 Å². The van der Waals surface area contributed by atoms with Gasteiger partial charge in [-0.2, -0.15) is 0 Å². The van der Waals surface area contributed by atoms with E-state index in [0.29, 0.717) is 41.7 Å². The average molecular weight is 423 g/mol. The number of hydrogen-bond acceptors (Lipinski definition) is 7. The first-order valence-electron chi connectivity index (χ1n) is 8.99. The van der Waals surface area contributed by atoms with E-state index in [9.17, 15) is 0 Å². The summed E-state index contributed by atoms with van der Waals surface area (Å²) in [5.74, 6) is 1.27. The number of ether oxygens (including phenoxy) is 2. The lowest BCUT2D eigenvalue weighted by atomic mass is 9.96. The van der Waals surface area contributed by atoms with E-state index in [1.165, 1.54) is 0 Å². The molecule has 28 heavy (non-hydrogen) atoms. The van der Waals surface area contributed by atoms with Crippen molar-refractivity contribution in [3.63, 3.8) is 0 Å². The Labute approximate surface area is 173 Å². The van der Waals surface area contributed by atoms with Crippen LogP contribution in [0.4, 0.5) is 0 Å². The number of nitrogens with one attached hydrogen (secondary N) is 2. The number of amidine groups is 1. The maximum absolute atomic E-state index is 6.20. The van der Waals surface area contributed by atoms with E-state index in [1.54, 1.807) is 12.3 Å². The first-order valence-corrected chi connectivity index (χ1v) is 9.75. The third-order valence-electron chi connectivity index (χ3n) is 4.59. The summed E-state index contributed by atoms with van der Waals surface area (Å²) in [6, 6.07) is 9.28. The molecule has 2 aliphatic rings. The second-order valence-corrected chi connectivity index (χ2v) is 7.32. The van der Waals surface area contributed by atoms with E-state index in [0.717, 1.165) is 24.2 Å².